The van der Waals surface area contributed by atoms with Crippen molar-refractivity contribution in [1.82, 2.24) is 0 Å². The van der Waals surface area contributed by atoms with E-state index < -0.39 is 17.9 Å². The Labute approximate surface area is 271 Å². The van der Waals surface area contributed by atoms with Crippen LogP contribution in [0.3, 0.4) is 0 Å². The Hall–Kier alpha value is -6.03. The Bertz CT molecular complexity index is 1760. The van der Waals surface area contributed by atoms with Crippen molar-refractivity contribution in [3.63, 3.8) is 0 Å². The minimum atomic E-state index is -0.591. The van der Waals surface area contributed by atoms with Gasteiger partial charge in [-0.15, -0.1) is 0 Å². The molecule has 0 spiro atoms. The number of carbonyl (C=O) groups excluding carboxylic acids is 3. The zero-order chi connectivity index (χ0) is 33.2. The Kier molecular flexibility index (Phi) is 10.5. The predicted octanol–water partition coefficient (Wildman–Crippen LogP) is 6.97. The van der Waals surface area contributed by atoms with Crippen molar-refractivity contribution in [1.29, 1.82) is 0 Å². The molecule has 0 N–H and O–H groups in total. The maximum atomic E-state index is 12.9. The lowest BCUT2D eigenvalue weighted by Crippen LogP contribution is -2.10. The molecule has 0 saturated heterocycles. The van der Waals surface area contributed by atoms with Gasteiger partial charge in [-0.1, -0.05) is 32.2 Å². The smallest absolute Gasteiger partial charge is 0.343 e. The summed E-state index contributed by atoms with van der Waals surface area (Å²) in [7, 11) is 0. The molecule has 0 aliphatic heterocycles. The molecule has 10 heteroatoms. The van der Waals surface area contributed by atoms with E-state index in [0.29, 0.717) is 34.3 Å². The van der Waals surface area contributed by atoms with Crippen molar-refractivity contribution >= 4 is 17.9 Å². The van der Waals surface area contributed by atoms with Crippen LogP contribution in [0.2, 0.25) is 0 Å². The Balaban J connectivity index is 1.16. The van der Waals surface area contributed by atoms with Gasteiger partial charge in [0.05, 0.1) is 5.56 Å². The first-order valence-electron chi connectivity index (χ1n) is 14.7. The molecule has 4 aromatic rings. The van der Waals surface area contributed by atoms with Gasteiger partial charge in [0.2, 0.25) is 20.4 Å². The molecule has 0 aromatic heterocycles. The third-order valence-electron chi connectivity index (χ3n) is 7.26. The standard InChI is InChI=1S/C37H32O10/c1-4-30-33-19-28(44-21-41-26-11-13-27(14-12-26)43-23-46-36(39)6-3)15-17-31(33)32-18-16-29(20-34(30)32)47-37(40)24-7-9-25(10-8-24)42-22-45-35(38)5-2/h5-20,30H,2-4,21-23H2,1H3. The molecule has 1 aliphatic carbocycles. The van der Waals surface area contributed by atoms with Gasteiger partial charge in [-0.05, 0) is 101 Å². The first kappa shape index (κ1) is 32.4. The number of benzene rings is 4. The molecule has 1 aliphatic rings. The van der Waals surface area contributed by atoms with Crippen LogP contribution in [0.1, 0.15) is 40.7 Å². The fraction of sp³-hybridized carbons (Fsp3) is 0.162. The average Bonchev–Trinajstić information content (AvgIpc) is 3.40. The van der Waals surface area contributed by atoms with E-state index in [1.807, 2.05) is 30.3 Å². The second-order valence-corrected chi connectivity index (χ2v) is 10.1. The van der Waals surface area contributed by atoms with E-state index in [1.165, 1.54) is 0 Å². The molecule has 5 rings (SSSR count). The number of ether oxygens (including phenoxy) is 7. The summed E-state index contributed by atoms with van der Waals surface area (Å²) in [5, 5.41) is 0. The molecule has 1 unspecified atom stereocenters. The molecule has 0 heterocycles. The van der Waals surface area contributed by atoms with Gasteiger partial charge in [0.25, 0.3) is 0 Å². The van der Waals surface area contributed by atoms with E-state index >= 15 is 0 Å². The normalized spacial score (nSPS) is 12.5. The first-order valence-corrected chi connectivity index (χ1v) is 14.7. The van der Waals surface area contributed by atoms with Crippen LogP contribution in [-0.4, -0.2) is 38.3 Å². The summed E-state index contributed by atoms with van der Waals surface area (Å²) in [6.45, 7) is 8.27. The fourth-order valence-corrected chi connectivity index (χ4v) is 4.99. The molecule has 240 valence electrons. The number of hydrogen-bond donors (Lipinski definition) is 0. The average molecular weight is 637 g/mol. The summed E-state index contributed by atoms with van der Waals surface area (Å²) in [5.74, 6) is 1.06. The van der Waals surface area contributed by atoms with Crippen LogP contribution in [0.25, 0.3) is 11.1 Å². The highest BCUT2D eigenvalue weighted by Crippen LogP contribution is 2.48. The molecule has 4 aromatic carbocycles. The lowest BCUT2D eigenvalue weighted by molar-refractivity contribution is -0.145. The quantitative estimate of drug-likeness (QED) is 0.0586. The van der Waals surface area contributed by atoms with Crippen molar-refractivity contribution in [2.24, 2.45) is 0 Å². The topological polar surface area (TPSA) is 116 Å². The van der Waals surface area contributed by atoms with E-state index in [0.717, 1.165) is 40.8 Å². The second kappa shape index (κ2) is 15.3. The van der Waals surface area contributed by atoms with Crippen molar-refractivity contribution in [3.05, 3.63) is 127 Å². The SMILES string of the molecule is C=CC(=O)OCOc1ccc(OCOc2ccc3c(c2)C(CC)c2cc(OC(=O)c4ccc(OCOC(=O)C=C)cc4)ccc2-3)cc1. The Morgan fingerprint density at radius 3 is 1.53 bits per heavy atom. The molecule has 0 amide bonds. The van der Waals surface area contributed by atoms with E-state index in [2.05, 4.69) is 20.1 Å². The largest absolute Gasteiger partial charge is 0.457 e. The molecule has 1 atom stereocenters. The van der Waals surface area contributed by atoms with E-state index in [4.69, 9.17) is 33.2 Å². The monoisotopic (exact) mass is 636 g/mol. The van der Waals surface area contributed by atoms with Crippen LogP contribution in [0.5, 0.6) is 28.7 Å². The van der Waals surface area contributed by atoms with Crippen molar-refractivity contribution < 1.29 is 47.5 Å². The summed E-state index contributed by atoms with van der Waals surface area (Å²) >= 11 is 0. The van der Waals surface area contributed by atoms with Gasteiger partial charge >= 0.3 is 17.9 Å². The summed E-state index contributed by atoms with van der Waals surface area (Å²) in [6, 6.07) is 24.8. The van der Waals surface area contributed by atoms with Crippen LogP contribution in [0.15, 0.2) is 110 Å². The number of fused-ring (bicyclic) bond motifs is 3. The molecular weight excluding hydrogens is 604 g/mol. The van der Waals surface area contributed by atoms with E-state index in [9.17, 15) is 14.4 Å². The van der Waals surface area contributed by atoms with Gasteiger partial charge in [-0.25, -0.2) is 14.4 Å². The summed E-state index contributed by atoms with van der Waals surface area (Å²) in [4.78, 5) is 35.1. The second-order valence-electron chi connectivity index (χ2n) is 10.1. The molecule has 0 fully saturated rings. The van der Waals surface area contributed by atoms with Crippen LogP contribution in [0.4, 0.5) is 0 Å². The highest BCUT2D eigenvalue weighted by molar-refractivity contribution is 5.91. The molecule has 10 nitrogen and oxygen atoms in total. The van der Waals surface area contributed by atoms with Crippen molar-refractivity contribution in [3.8, 4) is 39.9 Å². The molecule has 47 heavy (non-hydrogen) atoms. The minimum Gasteiger partial charge on any atom is -0.457 e. The van der Waals surface area contributed by atoms with E-state index in [-0.39, 0.29) is 26.3 Å². The Morgan fingerprint density at radius 2 is 1.02 bits per heavy atom. The first-order chi connectivity index (χ1) is 22.9. The zero-order valence-corrected chi connectivity index (χ0v) is 25.6. The van der Waals surface area contributed by atoms with Crippen molar-refractivity contribution in [2.75, 3.05) is 20.4 Å². The van der Waals surface area contributed by atoms with Crippen molar-refractivity contribution in [2.45, 2.75) is 19.3 Å². The maximum Gasteiger partial charge on any atom is 0.343 e. The van der Waals surface area contributed by atoms with Gasteiger partial charge in [0.1, 0.15) is 28.7 Å². The summed E-state index contributed by atoms with van der Waals surface area (Å²) in [5.41, 5.74) is 4.71. The van der Waals surface area contributed by atoms with Gasteiger partial charge < -0.3 is 33.2 Å². The van der Waals surface area contributed by atoms with Gasteiger partial charge in [0, 0.05) is 18.1 Å². The van der Waals surface area contributed by atoms with Crippen LogP contribution >= 0.6 is 0 Å². The number of carbonyl (C=O) groups is 3. The predicted molar refractivity (Wildman–Crippen MR) is 172 cm³/mol. The van der Waals surface area contributed by atoms with Crippen LogP contribution < -0.4 is 23.7 Å². The van der Waals surface area contributed by atoms with Crippen LogP contribution in [-0.2, 0) is 19.1 Å². The fourth-order valence-electron chi connectivity index (χ4n) is 4.99. The summed E-state index contributed by atoms with van der Waals surface area (Å²) < 4.78 is 37.6. The number of rotatable bonds is 15. The van der Waals surface area contributed by atoms with Gasteiger partial charge in [0.15, 0.2) is 0 Å². The molecule has 0 radical (unpaired) electrons. The minimum absolute atomic E-state index is 0.00432. The van der Waals surface area contributed by atoms with Gasteiger partial charge in [-0.2, -0.15) is 0 Å². The van der Waals surface area contributed by atoms with Crippen LogP contribution in [0, 0.1) is 0 Å². The Morgan fingerprint density at radius 1 is 0.596 bits per heavy atom. The lowest BCUT2D eigenvalue weighted by Gasteiger charge is -2.14. The molecule has 0 bridgehead atoms. The molecular formula is C37H32O10. The number of hydrogen-bond acceptors (Lipinski definition) is 10. The third kappa shape index (κ3) is 8.17. The highest BCUT2D eigenvalue weighted by atomic mass is 16.7. The van der Waals surface area contributed by atoms with E-state index in [1.54, 1.807) is 54.6 Å². The number of esters is 3. The zero-order valence-electron chi connectivity index (χ0n) is 25.6. The lowest BCUT2D eigenvalue weighted by atomic mass is 9.94. The highest BCUT2D eigenvalue weighted by Gasteiger charge is 2.29. The van der Waals surface area contributed by atoms with Gasteiger partial charge in [-0.3, -0.25) is 0 Å². The maximum absolute atomic E-state index is 12.9. The molecule has 0 saturated carbocycles. The third-order valence-corrected chi connectivity index (χ3v) is 7.26. The summed E-state index contributed by atoms with van der Waals surface area (Å²) in [6.07, 6.45) is 2.95.